The fraction of sp³-hybridized carbons (Fsp3) is 0.667. The van der Waals surface area contributed by atoms with Crippen LogP contribution in [0.25, 0.3) is 0 Å². The quantitative estimate of drug-likeness (QED) is 0.873. The molecule has 2 N–H and O–H groups in total. The molecule has 3 nitrogen and oxygen atoms in total. The van der Waals surface area contributed by atoms with Crippen molar-refractivity contribution in [3.05, 3.63) is 34.9 Å². The second-order valence-electron chi connectivity index (χ2n) is 6.41. The molecule has 1 aromatic carbocycles. The lowest BCUT2D eigenvalue weighted by Crippen LogP contribution is -2.51. The van der Waals surface area contributed by atoms with Gasteiger partial charge in [-0.15, -0.1) is 0 Å². The largest absolute Gasteiger partial charge is 0.329 e. The maximum atomic E-state index is 5.92. The van der Waals surface area contributed by atoms with Crippen molar-refractivity contribution >= 4 is 0 Å². The first-order valence-corrected chi connectivity index (χ1v) is 8.36. The molecule has 0 spiro atoms. The van der Waals surface area contributed by atoms with Gasteiger partial charge in [-0.2, -0.15) is 0 Å². The number of nitrogens with two attached hydrogens (primary N) is 1. The van der Waals surface area contributed by atoms with Crippen LogP contribution in [-0.4, -0.2) is 48.6 Å². The Kier molecular flexibility index (Phi) is 6.22. The molecule has 1 atom stereocenters. The lowest BCUT2D eigenvalue weighted by Gasteiger charge is -2.39. The molecule has 0 aromatic heterocycles. The van der Waals surface area contributed by atoms with Gasteiger partial charge in [-0.25, -0.2) is 0 Å². The second kappa shape index (κ2) is 7.92. The Morgan fingerprint density at radius 2 is 1.81 bits per heavy atom. The minimum absolute atomic E-state index is 0.582. The van der Waals surface area contributed by atoms with Crippen LogP contribution in [0.2, 0.25) is 0 Å². The topological polar surface area (TPSA) is 32.5 Å². The molecule has 3 heteroatoms. The maximum Gasteiger partial charge on any atom is 0.0234 e. The monoisotopic (exact) mass is 289 g/mol. The van der Waals surface area contributed by atoms with Gasteiger partial charge in [0.05, 0.1) is 0 Å². The molecular formula is C18H31N3. The molecule has 1 aliphatic heterocycles. The van der Waals surface area contributed by atoms with Gasteiger partial charge in [-0.3, -0.25) is 9.80 Å². The molecular weight excluding hydrogens is 258 g/mol. The van der Waals surface area contributed by atoms with Gasteiger partial charge in [-0.1, -0.05) is 31.5 Å². The van der Waals surface area contributed by atoms with E-state index in [9.17, 15) is 0 Å². The standard InChI is InChI=1S/C18H31N3/c1-4-5-18(13-19)21-10-8-20(9-11-21)14-17-7-6-15(2)16(3)12-17/h6-7,12,18H,4-5,8-11,13-14,19H2,1-3H3. The molecule has 0 saturated carbocycles. The summed E-state index contributed by atoms with van der Waals surface area (Å²) >= 11 is 0. The average molecular weight is 289 g/mol. The highest BCUT2D eigenvalue weighted by Gasteiger charge is 2.22. The molecule has 1 fully saturated rings. The first-order chi connectivity index (χ1) is 10.1. The predicted molar refractivity (Wildman–Crippen MR) is 90.5 cm³/mol. The van der Waals surface area contributed by atoms with Crippen molar-refractivity contribution in [1.82, 2.24) is 9.80 Å². The van der Waals surface area contributed by atoms with Crippen LogP contribution in [0.3, 0.4) is 0 Å². The van der Waals surface area contributed by atoms with E-state index < -0.39 is 0 Å². The molecule has 1 heterocycles. The average Bonchev–Trinajstić information content (AvgIpc) is 2.49. The third-order valence-electron chi connectivity index (χ3n) is 4.79. The van der Waals surface area contributed by atoms with E-state index in [0.29, 0.717) is 6.04 Å². The van der Waals surface area contributed by atoms with Crippen LogP contribution in [-0.2, 0) is 6.54 Å². The summed E-state index contributed by atoms with van der Waals surface area (Å²) in [5.74, 6) is 0. The molecule has 0 bridgehead atoms. The lowest BCUT2D eigenvalue weighted by molar-refractivity contribution is 0.0905. The number of rotatable bonds is 6. The zero-order chi connectivity index (χ0) is 15.2. The number of benzene rings is 1. The van der Waals surface area contributed by atoms with Crippen molar-refractivity contribution < 1.29 is 0 Å². The van der Waals surface area contributed by atoms with E-state index in [0.717, 1.165) is 39.3 Å². The number of hydrogen-bond acceptors (Lipinski definition) is 3. The van der Waals surface area contributed by atoms with Crippen molar-refractivity contribution in [3.8, 4) is 0 Å². The third kappa shape index (κ3) is 4.53. The van der Waals surface area contributed by atoms with Crippen LogP contribution in [0.15, 0.2) is 18.2 Å². The third-order valence-corrected chi connectivity index (χ3v) is 4.79. The minimum Gasteiger partial charge on any atom is -0.329 e. The molecule has 2 rings (SSSR count). The van der Waals surface area contributed by atoms with E-state index in [1.807, 2.05) is 0 Å². The predicted octanol–water partition coefficient (Wildman–Crippen LogP) is 2.55. The lowest BCUT2D eigenvalue weighted by atomic mass is 10.1. The Balaban J connectivity index is 1.84. The summed E-state index contributed by atoms with van der Waals surface area (Å²) in [7, 11) is 0. The molecule has 118 valence electrons. The number of aryl methyl sites for hydroxylation is 2. The fourth-order valence-corrected chi connectivity index (χ4v) is 3.23. The van der Waals surface area contributed by atoms with Crippen LogP contribution in [0.1, 0.15) is 36.5 Å². The molecule has 1 unspecified atom stereocenters. The van der Waals surface area contributed by atoms with E-state index in [1.54, 1.807) is 0 Å². The van der Waals surface area contributed by atoms with Crippen molar-refractivity contribution in [3.63, 3.8) is 0 Å². The molecule has 1 aliphatic rings. The number of piperazine rings is 1. The van der Waals surface area contributed by atoms with Crippen LogP contribution in [0, 0.1) is 13.8 Å². The smallest absolute Gasteiger partial charge is 0.0234 e. The number of hydrogen-bond donors (Lipinski definition) is 1. The zero-order valence-electron chi connectivity index (χ0n) is 13.9. The van der Waals surface area contributed by atoms with Gasteiger partial charge in [-0.05, 0) is 37.0 Å². The van der Waals surface area contributed by atoms with E-state index >= 15 is 0 Å². The summed E-state index contributed by atoms with van der Waals surface area (Å²) in [5.41, 5.74) is 10.1. The Morgan fingerprint density at radius 3 is 2.38 bits per heavy atom. The van der Waals surface area contributed by atoms with Gasteiger partial charge in [0, 0.05) is 45.3 Å². The first-order valence-electron chi connectivity index (χ1n) is 8.36. The van der Waals surface area contributed by atoms with E-state index in [1.165, 1.54) is 29.5 Å². The molecule has 1 aromatic rings. The van der Waals surface area contributed by atoms with Gasteiger partial charge in [0.1, 0.15) is 0 Å². The summed E-state index contributed by atoms with van der Waals surface area (Å²) in [6.07, 6.45) is 2.46. The Morgan fingerprint density at radius 1 is 1.10 bits per heavy atom. The van der Waals surface area contributed by atoms with Crippen LogP contribution in [0.5, 0.6) is 0 Å². The van der Waals surface area contributed by atoms with Gasteiger partial charge in [0.2, 0.25) is 0 Å². The Labute approximate surface area is 130 Å². The van der Waals surface area contributed by atoms with E-state index in [4.69, 9.17) is 5.73 Å². The van der Waals surface area contributed by atoms with E-state index in [2.05, 4.69) is 48.8 Å². The Bertz CT molecular complexity index is 436. The minimum atomic E-state index is 0.582. The summed E-state index contributed by atoms with van der Waals surface area (Å²) < 4.78 is 0. The Hall–Kier alpha value is -0.900. The summed E-state index contributed by atoms with van der Waals surface area (Å²) in [4.78, 5) is 5.15. The number of nitrogens with zero attached hydrogens (tertiary/aromatic N) is 2. The van der Waals surface area contributed by atoms with Crippen molar-refractivity contribution in [2.45, 2.75) is 46.2 Å². The van der Waals surface area contributed by atoms with Crippen LogP contribution in [0.4, 0.5) is 0 Å². The zero-order valence-corrected chi connectivity index (χ0v) is 13.9. The highest BCUT2D eigenvalue weighted by Crippen LogP contribution is 2.15. The molecule has 0 aliphatic carbocycles. The van der Waals surface area contributed by atoms with Gasteiger partial charge >= 0.3 is 0 Å². The van der Waals surface area contributed by atoms with Crippen molar-refractivity contribution in [2.24, 2.45) is 5.73 Å². The van der Waals surface area contributed by atoms with E-state index in [-0.39, 0.29) is 0 Å². The van der Waals surface area contributed by atoms with Crippen molar-refractivity contribution in [1.29, 1.82) is 0 Å². The molecule has 0 radical (unpaired) electrons. The van der Waals surface area contributed by atoms with Gasteiger partial charge < -0.3 is 5.73 Å². The summed E-state index contributed by atoms with van der Waals surface area (Å²) in [6.45, 7) is 13.1. The molecule has 0 amide bonds. The normalized spacial score (nSPS) is 18.9. The van der Waals surface area contributed by atoms with Crippen molar-refractivity contribution in [2.75, 3.05) is 32.7 Å². The highest BCUT2D eigenvalue weighted by molar-refractivity contribution is 5.29. The van der Waals surface area contributed by atoms with Crippen LogP contribution < -0.4 is 5.73 Å². The molecule has 1 saturated heterocycles. The first kappa shape index (κ1) is 16.5. The maximum absolute atomic E-state index is 5.92. The SMILES string of the molecule is CCCC(CN)N1CCN(Cc2ccc(C)c(C)c2)CC1. The van der Waals surface area contributed by atoms with Gasteiger partial charge in [0.25, 0.3) is 0 Å². The summed E-state index contributed by atoms with van der Waals surface area (Å²) in [5, 5.41) is 0. The second-order valence-corrected chi connectivity index (χ2v) is 6.41. The van der Waals surface area contributed by atoms with Gasteiger partial charge in [0.15, 0.2) is 0 Å². The summed E-state index contributed by atoms with van der Waals surface area (Å²) in [6, 6.07) is 7.43. The molecule has 21 heavy (non-hydrogen) atoms. The fourth-order valence-electron chi connectivity index (χ4n) is 3.23. The highest BCUT2D eigenvalue weighted by atomic mass is 15.3. The van der Waals surface area contributed by atoms with Crippen LogP contribution >= 0.6 is 0 Å².